The third-order valence-corrected chi connectivity index (χ3v) is 2.18. The van der Waals surface area contributed by atoms with E-state index in [2.05, 4.69) is 0 Å². The normalized spacial score (nSPS) is 10.1. The van der Waals surface area contributed by atoms with Crippen LogP contribution in [0.1, 0.15) is 12.5 Å². The molecule has 0 unspecified atom stereocenters. The van der Waals surface area contributed by atoms with Crippen molar-refractivity contribution in [3.05, 3.63) is 42.2 Å². The number of aryl methyl sites for hydroxylation is 1. The lowest BCUT2D eigenvalue weighted by atomic mass is 10.1. The molecule has 16 heavy (non-hydrogen) atoms. The molecule has 0 aliphatic rings. The van der Waals surface area contributed by atoms with Gasteiger partial charge in [0, 0.05) is 6.92 Å². The lowest BCUT2D eigenvalue weighted by molar-refractivity contribution is -0.131. The van der Waals surface area contributed by atoms with Gasteiger partial charge in [-0.1, -0.05) is 6.07 Å². The predicted octanol–water partition coefficient (Wildman–Crippen LogP) is 3.18. The van der Waals surface area contributed by atoms with Gasteiger partial charge in [0.1, 0.15) is 11.5 Å². The molecule has 0 saturated carbocycles. The second-order valence-corrected chi connectivity index (χ2v) is 3.57. The Labute approximate surface area is 93.7 Å². The van der Waals surface area contributed by atoms with E-state index in [1.807, 2.05) is 31.2 Å². The fraction of sp³-hybridized carbons (Fsp3) is 0.154. The standard InChI is InChI=1S/C13H12O3/c1-9-5-6-11(12-4-3-7-15-12)13(8-9)16-10(2)14/h3-8H,1-2H3. The molecule has 1 heterocycles. The minimum absolute atomic E-state index is 0.335. The van der Waals surface area contributed by atoms with Crippen LogP contribution >= 0.6 is 0 Å². The maximum absolute atomic E-state index is 11.0. The molecule has 1 aromatic carbocycles. The molecular formula is C13H12O3. The van der Waals surface area contributed by atoms with Crippen molar-refractivity contribution in [2.45, 2.75) is 13.8 Å². The molecule has 0 N–H and O–H groups in total. The van der Waals surface area contributed by atoms with Crippen molar-refractivity contribution in [3.63, 3.8) is 0 Å². The molecule has 0 aliphatic carbocycles. The van der Waals surface area contributed by atoms with E-state index in [4.69, 9.17) is 9.15 Å². The topological polar surface area (TPSA) is 39.4 Å². The lowest BCUT2D eigenvalue weighted by Gasteiger charge is -2.07. The van der Waals surface area contributed by atoms with Crippen LogP contribution in [0.25, 0.3) is 11.3 Å². The van der Waals surface area contributed by atoms with E-state index in [0.717, 1.165) is 11.1 Å². The molecule has 82 valence electrons. The summed E-state index contributed by atoms with van der Waals surface area (Å²) < 4.78 is 10.4. The molecule has 0 saturated heterocycles. The highest BCUT2D eigenvalue weighted by molar-refractivity contribution is 5.75. The highest BCUT2D eigenvalue weighted by Crippen LogP contribution is 2.31. The predicted molar refractivity (Wildman–Crippen MR) is 60.2 cm³/mol. The Morgan fingerprint density at radius 3 is 2.75 bits per heavy atom. The van der Waals surface area contributed by atoms with Crippen molar-refractivity contribution in [2.75, 3.05) is 0 Å². The molecule has 2 rings (SSSR count). The van der Waals surface area contributed by atoms with Crippen molar-refractivity contribution in [2.24, 2.45) is 0 Å². The van der Waals surface area contributed by atoms with Crippen LogP contribution < -0.4 is 4.74 Å². The Bertz CT molecular complexity index is 498. The van der Waals surface area contributed by atoms with Crippen LogP contribution in [0.5, 0.6) is 5.75 Å². The lowest BCUT2D eigenvalue weighted by Crippen LogP contribution is -2.02. The summed E-state index contributed by atoms with van der Waals surface area (Å²) in [5.74, 6) is 0.886. The van der Waals surface area contributed by atoms with Gasteiger partial charge in [-0.05, 0) is 36.8 Å². The van der Waals surface area contributed by atoms with Crippen LogP contribution in [0.3, 0.4) is 0 Å². The maximum Gasteiger partial charge on any atom is 0.308 e. The van der Waals surface area contributed by atoms with E-state index < -0.39 is 0 Å². The number of esters is 1. The molecule has 3 nitrogen and oxygen atoms in total. The molecular weight excluding hydrogens is 204 g/mol. The first-order valence-electron chi connectivity index (χ1n) is 5.00. The number of carbonyl (C=O) groups excluding carboxylic acids is 1. The molecule has 0 atom stereocenters. The molecule has 2 aromatic rings. The SMILES string of the molecule is CC(=O)Oc1cc(C)ccc1-c1ccco1. The zero-order chi connectivity index (χ0) is 11.5. The van der Waals surface area contributed by atoms with E-state index in [1.54, 1.807) is 12.3 Å². The van der Waals surface area contributed by atoms with E-state index in [-0.39, 0.29) is 5.97 Å². The van der Waals surface area contributed by atoms with Gasteiger partial charge in [-0.15, -0.1) is 0 Å². The van der Waals surface area contributed by atoms with Gasteiger partial charge in [0.15, 0.2) is 0 Å². The summed E-state index contributed by atoms with van der Waals surface area (Å²) in [6, 6.07) is 9.28. The smallest absolute Gasteiger partial charge is 0.308 e. The third-order valence-electron chi connectivity index (χ3n) is 2.18. The number of hydrogen-bond acceptors (Lipinski definition) is 3. The quantitative estimate of drug-likeness (QED) is 0.571. The molecule has 1 aromatic heterocycles. The molecule has 0 bridgehead atoms. The number of rotatable bonds is 2. The van der Waals surface area contributed by atoms with Crippen LogP contribution in [0.2, 0.25) is 0 Å². The Morgan fingerprint density at radius 1 is 1.31 bits per heavy atom. The largest absolute Gasteiger partial charge is 0.464 e. The van der Waals surface area contributed by atoms with Crippen molar-refractivity contribution in [3.8, 4) is 17.1 Å². The summed E-state index contributed by atoms with van der Waals surface area (Å²) in [7, 11) is 0. The second-order valence-electron chi connectivity index (χ2n) is 3.57. The highest BCUT2D eigenvalue weighted by Gasteiger charge is 2.10. The number of benzene rings is 1. The Morgan fingerprint density at radius 2 is 2.12 bits per heavy atom. The van der Waals surface area contributed by atoms with Crippen LogP contribution in [0, 0.1) is 6.92 Å². The average Bonchev–Trinajstić information content (AvgIpc) is 2.69. The zero-order valence-corrected chi connectivity index (χ0v) is 9.19. The first kappa shape index (κ1) is 10.5. The van der Waals surface area contributed by atoms with Gasteiger partial charge < -0.3 is 9.15 Å². The van der Waals surface area contributed by atoms with E-state index in [0.29, 0.717) is 11.5 Å². The molecule has 3 heteroatoms. The van der Waals surface area contributed by atoms with Crippen molar-refractivity contribution in [1.29, 1.82) is 0 Å². The minimum atomic E-state index is -0.335. The molecule has 0 radical (unpaired) electrons. The van der Waals surface area contributed by atoms with Crippen molar-refractivity contribution in [1.82, 2.24) is 0 Å². The van der Waals surface area contributed by atoms with Crippen molar-refractivity contribution < 1.29 is 13.9 Å². The average molecular weight is 216 g/mol. The number of furan rings is 1. The summed E-state index contributed by atoms with van der Waals surface area (Å²) in [4.78, 5) is 11.0. The zero-order valence-electron chi connectivity index (χ0n) is 9.19. The van der Waals surface area contributed by atoms with Crippen LogP contribution in [-0.2, 0) is 4.79 Å². The van der Waals surface area contributed by atoms with E-state index in [9.17, 15) is 4.79 Å². The Balaban J connectivity index is 2.48. The summed E-state index contributed by atoms with van der Waals surface area (Å²) >= 11 is 0. The van der Waals surface area contributed by atoms with Crippen molar-refractivity contribution >= 4 is 5.97 Å². The summed E-state index contributed by atoms with van der Waals surface area (Å²) in [6.07, 6.45) is 1.59. The van der Waals surface area contributed by atoms with Crippen LogP contribution in [0.4, 0.5) is 0 Å². The monoisotopic (exact) mass is 216 g/mol. The summed E-state index contributed by atoms with van der Waals surface area (Å²) in [6.45, 7) is 3.33. The molecule has 0 aliphatic heterocycles. The molecule has 0 spiro atoms. The van der Waals surface area contributed by atoms with Gasteiger partial charge >= 0.3 is 5.97 Å². The Kier molecular flexibility index (Phi) is 2.77. The van der Waals surface area contributed by atoms with Crippen LogP contribution in [-0.4, -0.2) is 5.97 Å². The maximum atomic E-state index is 11.0. The first-order chi connectivity index (χ1) is 7.66. The summed E-state index contributed by atoms with van der Waals surface area (Å²) in [5.41, 5.74) is 1.82. The van der Waals surface area contributed by atoms with E-state index >= 15 is 0 Å². The highest BCUT2D eigenvalue weighted by atomic mass is 16.5. The number of carbonyl (C=O) groups is 1. The number of hydrogen-bond donors (Lipinski definition) is 0. The second kappa shape index (κ2) is 4.23. The van der Waals surface area contributed by atoms with Gasteiger partial charge in [0.2, 0.25) is 0 Å². The fourth-order valence-electron chi connectivity index (χ4n) is 1.50. The van der Waals surface area contributed by atoms with E-state index in [1.165, 1.54) is 6.92 Å². The third kappa shape index (κ3) is 2.14. The number of ether oxygens (including phenoxy) is 1. The first-order valence-corrected chi connectivity index (χ1v) is 5.00. The molecule has 0 amide bonds. The van der Waals surface area contributed by atoms with Crippen LogP contribution in [0.15, 0.2) is 41.0 Å². The fourth-order valence-corrected chi connectivity index (χ4v) is 1.50. The Hall–Kier alpha value is -2.03. The van der Waals surface area contributed by atoms with Gasteiger partial charge in [-0.2, -0.15) is 0 Å². The van der Waals surface area contributed by atoms with Gasteiger partial charge in [0.05, 0.1) is 11.8 Å². The van der Waals surface area contributed by atoms with Gasteiger partial charge in [0.25, 0.3) is 0 Å². The van der Waals surface area contributed by atoms with Gasteiger partial charge in [-0.3, -0.25) is 4.79 Å². The van der Waals surface area contributed by atoms with Gasteiger partial charge in [-0.25, -0.2) is 0 Å². The molecule has 0 fully saturated rings. The minimum Gasteiger partial charge on any atom is -0.464 e. The summed E-state index contributed by atoms with van der Waals surface area (Å²) in [5, 5.41) is 0.